The van der Waals surface area contributed by atoms with Gasteiger partial charge in [0, 0.05) is 36.3 Å². The van der Waals surface area contributed by atoms with E-state index < -0.39 is 0 Å². The molecular weight excluding hydrogens is 406 g/mol. The third-order valence-electron chi connectivity index (χ3n) is 4.48. The van der Waals surface area contributed by atoms with Gasteiger partial charge in [0.25, 0.3) is 5.91 Å². The first-order valence-corrected chi connectivity index (χ1v) is 10.5. The smallest absolute Gasteiger partial charge is 0.267 e. The number of carbonyl (C=O) groups excluding carboxylic acids is 2. The second-order valence-corrected chi connectivity index (χ2v) is 8.06. The average Bonchev–Trinajstić information content (AvgIpc) is 3.08. The van der Waals surface area contributed by atoms with E-state index in [9.17, 15) is 9.59 Å². The van der Waals surface area contributed by atoms with Crippen LogP contribution in [-0.2, 0) is 11.3 Å². The number of aryl methyl sites for hydroxylation is 1. The van der Waals surface area contributed by atoms with Gasteiger partial charge in [-0.25, -0.2) is 4.98 Å². The van der Waals surface area contributed by atoms with Crippen molar-refractivity contribution in [3.8, 4) is 10.6 Å². The highest BCUT2D eigenvalue weighted by atomic mass is 35.5. The summed E-state index contributed by atoms with van der Waals surface area (Å²) in [7, 11) is 0. The van der Waals surface area contributed by atoms with Gasteiger partial charge in [-0.3, -0.25) is 9.59 Å². The van der Waals surface area contributed by atoms with Crippen LogP contribution in [0.15, 0.2) is 48.5 Å². The Labute approximate surface area is 179 Å². The van der Waals surface area contributed by atoms with Crippen molar-refractivity contribution in [1.29, 1.82) is 0 Å². The number of amides is 2. The number of benzene rings is 2. The van der Waals surface area contributed by atoms with E-state index in [1.165, 1.54) is 11.3 Å². The Kier molecular flexibility index (Phi) is 6.67. The van der Waals surface area contributed by atoms with Gasteiger partial charge in [0.15, 0.2) is 0 Å². The summed E-state index contributed by atoms with van der Waals surface area (Å²) in [5, 5.41) is 4.38. The molecule has 0 aliphatic rings. The molecule has 0 saturated carbocycles. The molecule has 0 spiro atoms. The van der Waals surface area contributed by atoms with Gasteiger partial charge < -0.3 is 10.2 Å². The van der Waals surface area contributed by atoms with Crippen LogP contribution in [0.2, 0.25) is 5.02 Å². The van der Waals surface area contributed by atoms with Crippen molar-refractivity contribution < 1.29 is 9.59 Å². The topological polar surface area (TPSA) is 62.3 Å². The Balaban J connectivity index is 1.76. The number of anilines is 1. The van der Waals surface area contributed by atoms with E-state index in [-0.39, 0.29) is 11.8 Å². The van der Waals surface area contributed by atoms with Crippen molar-refractivity contribution in [3.63, 3.8) is 0 Å². The van der Waals surface area contributed by atoms with Crippen LogP contribution in [0, 0.1) is 6.92 Å². The van der Waals surface area contributed by atoms with Crippen molar-refractivity contribution >= 4 is 40.4 Å². The lowest BCUT2D eigenvalue weighted by molar-refractivity contribution is -0.129. The Morgan fingerprint density at radius 3 is 2.55 bits per heavy atom. The summed E-state index contributed by atoms with van der Waals surface area (Å²) in [6, 6.07) is 14.9. The predicted octanol–water partition coefficient (Wildman–Crippen LogP) is 5.39. The fraction of sp³-hybridized carbons (Fsp3) is 0.227. The monoisotopic (exact) mass is 427 g/mol. The summed E-state index contributed by atoms with van der Waals surface area (Å²) in [5.74, 6) is -0.173. The zero-order valence-electron chi connectivity index (χ0n) is 16.5. The molecule has 0 aliphatic carbocycles. The molecule has 1 heterocycles. The van der Waals surface area contributed by atoms with E-state index >= 15 is 0 Å². The first-order chi connectivity index (χ1) is 13.9. The first-order valence-electron chi connectivity index (χ1n) is 9.26. The highest BCUT2D eigenvalue weighted by molar-refractivity contribution is 7.17. The van der Waals surface area contributed by atoms with E-state index in [2.05, 4.69) is 10.3 Å². The summed E-state index contributed by atoms with van der Waals surface area (Å²) < 4.78 is 0. The predicted molar refractivity (Wildman–Crippen MR) is 118 cm³/mol. The minimum atomic E-state index is -0.198. The quantitative estimate of drug-likeness (QED) is 0.573. The number of hydrogen-bond acceptors (Lipinski definition) is 4. The molecule has 0 aliphatic heterocycles. The van der Waals surface area contributed by atoms with Crippen LogP contribution in [0.5, 0.6) is 0 Å². The molecule has 3 rings (SSSR count). The van der Waals surface area contributed by atoms with Crippen LogP contribution in [-0.4, -0.2) is 28.2 Å². The molecule has 29 heavy (non-hydrogen) atoms. The zero-order chi connectivity index (χ0) is 21.0. The van der Waals surface area contributed by atoms with Crippen LogP contribution in [0.3, 0.4) is 0 Å². The maximum atomic E-state index is 12.8. The zero-order valence-corrected chi connectivity index (χ0v) is 18.1. The summed E-state index contributed by atoms with van der Waals surface area (Å²) in [4.78, 5) is 31.3. The Morgan fingerprint density at radius 1 is 1.17 bits per heavy atom. The number of rotatable bonds is 6. The van der Waals surface area contributed by atoms with Crippen molar-refractivity contribution in [3.05, 3.63) is 69.7 Å². The van der Waals surface area contributed by atoms with Gasteiger partial charge in [-0.2, -0.15) is 0 Å². The fourth-order valence-corrected chi connectivity index (χ4v) is 4.02. The van der Waals surface area contributed by atoms with Crippen LogP contribution >= 0.6 is 22.9 Å². The Hall–Kier alpha value is -2.70. The van der Waals surface area contributed by atoms with Gasteiger partial charge in [-0.1, -0.05) is 35.9 Å². The molecule has 0 unspecified atom stereocenters. The van der Waals surface area contributed by atoms with E-state index in [1.54, 1.807) is 24.0 Å². The minimum Gasteiger partial charge on any atom is -0.339 e. The third kappa shape index (κ3) is 5.22. The molecule has 0 radical (unpaired) electrons. The summed E-state index contributed by atoms with van der Waals surface area (Å²) >= 11 is 7.29. The molecule has 2 amide bonds. The normalized spacial score (nSPS) is 10.6. The molecule has 1 N–H and O–H groups in total. The van der Waals surface area contributed by atoms with Gasteiger partial charge in [0.05, 0.1) is 5.69 Å². The second kappa shape index (κ2) is 9.20. The highest BCUT2D eigenvalue weighted by Crippen LogP contribution is 2.29. The lowest BCUT2D eigenvalue weighted by atomic mass is 10.2. The fourth-order valence-electron chi connectivity index (χ4n) is 2.92. The van der Waals surface area contributed by atoms with Crippen molar-refractivity contribution in [2.24, 2.45) is 0 Å². The molecule has 2 aromatic carbocycles. The SMILES string of the molecule is CCN(Cc1cccc(NC(=O)c2sc(-c3ccc(Cl)cc3)nc2C)c1)C(C)=O. The van der Waals surface area contributed by atoms with Gasteiger partial charge in [-0.15, -0.1) is 11.3 Å². The molecule has 150 valence electrons. The number of hydrogen-bond donors (Lipinski definition) is 1. The van der Waals surface area contributed by atoms with Gasteiger partial charge >= 0.3 is 0 Å². The lowest BCUT2D eigenvalue weighted by Crippen LogP contribution is -2.27. The van der Waals surface area contributed by atoms with E-state index in [0.717, 1.165) is 16.1 Å². The molecule has 0 bridgehead atoms. The van der Waals surface area contributed by atoms with E-state index in [1.807, 2.05) is 50.2 Å². The van der Waals surface area contributed by atoms with Crippen molar-refractivity contribution in [1.82, 2.24) is 9.88 Å². The molecule has 5 nitrogen and oxygen atoms in total. The van der Waals surface area contributed by atoms with Crippen LogP contribution in [0.1, 0.15) is 34.8 Å². The van der Waals surface area contributed by atoms with Gasteiger partial charge in [0.1, 0.15) is 9.88 Å². The first kappa shape index (κ1) is 21.0. The molecule has 3 aromatic rings. The number of thiazole rings is 1. The second-order valence-electron chi connectivity index (χ2n) is 6.63. The number of nitrogens with one attached hydrogen (secondary N) is 1. The number of halogens is 1. The van der Waals surface area contributed by atoms with Gasteiger partial charge in [-0.05, 0) is 43.7 Å². The number of nitrogens with zero attached hydrogens (tertiary/aromatic N) is 2. The Morgan fingerprint density at radius 2 is 1.90 bits per heavy atom. The summed E-state index contributed by atoms with van der Waals surface area (Å²) in [6.45, 7) is 6.47. The molecule has 1 aromatic heterocycles. The third-order valence-corrected chi connectivity index (χ3v) is 5.94. The molecule has 0 saturated heterocycles. The highest BCUT2D eigenvalue weighted by Gasteiger charge is 2.17. The Bertz CT molecular complexity index is 1030. The summed E-state index contributed by atoms with van der Waals surface area (Å²) in [5.41, 5.74) is 3.26. The van der Waals surface area contributed by atoms with Crippen LogP contribution < -0.4 is 5.32 Å². The number of carbonyl (C=O) groups is 2. The molecule has 0 fully saturated rings. The van der Waals surface area contributed by atoms with Crippen molar-refractivity contribution in [2.45, 2.75) is 27.3 Å². The average molecular weight is 428 g/mol. The van der Waals surface area contributed by atoms with Crippen molar-refractivity contribution in [2.75, 3.05) is 11.9 Å². The molecule has 0 atom stereocenters. The maximum Gasteiger partial charge on any atom is 0.267 e. The molecule has 7 heteroatoms. The van der Waals surface area contributed by atoms with E-state index in [0.29, 0.717) is 34.4 Å². The van der Waals surface area contributed by atoms with E-state index in [4.69, 9.17) is 11.6 Å². The van der Waals surface area contributed by atoms with Crippen LogP contribution in [0.4, 0.5) is 5.69 Å². The lowest BCUT2D eigenvalue weighted by Gasteiger charge is -2.19. The maximum absolute atomic E-state index is 12.8. The van der Waals surface area contributed by atoms with Gasteiger partial charge in [0.2, 0.25) is 5.91 Å². The number of aromatic nitrogens is 1. The molecular formula is C22H22ClN3O2S. The largest absolute Gasteiger partial charge is 0.339 e. The standard InChI is InChI=1S/C22H22ClN3O2S/c1-4-26(15(3)27)13-16-6-5-7-19(12-16)25-21(28)20-14(2)24-22(29-20)17-8-10-18(23)11-9-17/h5-12H,4,13H2,1-3H3,(H,25,28). The van der Waals surface area contributed by atoms with Crippen LogP contribution in [0.25, 0.3) is 10.6 Å². The minimum absolute atomic E-state index is 0.0250. The summed E-state index contributed by atoms with van der Waals surface area (Å²) in [6.07, 6.45) is 0.